The number of fused-ring (bicyclic) bond motifs is 1. The first-order valence-corrected chi connectivity index (χ1v) is 14.0. The van der Waals surface area contributed by atoms with Gasteiger partial charge in [0.05, 0.1) is 29.8 Å². The summed E-state index contributed by atoms with van der Waals surface area (Å²) in [5.41, 5.74) is 5.63. The van der Waals surface area contributed by atoms with Gasteiger partial charge >= 0.3 is 0 Å². The molecule has 0 amide bonds. The molecule has 0 aliphatic heterocycles. The SMILES string of the molecule is CC(=NN(Cc1cccs1)c1ccccc1)c1cc2cc(C=NN(c3ccccc3)c3ccccc3)ccc2o1. The molecule has 0 fully saturated rings. The smallest absolute Gasteiger partial charge is 0.151 e. The summed E-state index contributed by atoms with van der Waals surface area (Å²) in [5, 5.41) is 16.9. The standard InChI is InChI=1S/C34H28N4OS/c1-26(36-37(25-32-18-11-21-40-32)29-12-5-2-6-13-29)34-23-28-22-27(19-20-33(28)39-34)24-35-38(30-14-7-3-8-15-30)31-16-9-4-10-17-31/h2-24H,25H2,1H3. The first kappa shape index (κ1) is 25.3. The van der Waals surface area contributed by atoms with E-state index in [9.17, 15) is 0 Å². The fraction of sp³-hybridized carbons (Fsp3) is 0.0588. The number of nitrogens with zero attached hydrogens (tertiary/aromatic N) is 4. The lowest BCUT2D eigenvalue weighted by molar-refractivity contribution is 0.603. The van der Waals surface area contributed by atoms with Crippen LogP contribution < -0.4 is 10.0 Å². The number of para-hydroxylation sites is 3. The first-order chi connectivity index (χ1) is 19.7. The third-order valence-electron chi connectivity index (χ3n) is 6.43. The number of benzene rings is 4. The molecule has 40 heavy (non-hydrogen) atoms. The van der Waals surface area contributed by atoms with Gasteiger partial charge in [0.1, 0.15) is 11.3 Å². The van der Waals surface area contributed by atoms with E-state index in [1.54, 1.807) is 11.3 Å². The summed E-state index contributed by atoms with van der Waals surface area (Å²) in [4.78, 5) is 1.24. The van der Waals surface area contributed by atoms with Gasteiger partial charge < -0.3 is 4.42 Å². The average Bonchev–Trinajstić information content (AvgIpc) is 3.68. The normalized spacial score (nSPS) is 11.8. The summed E-state index contributed by atoms with van der Waals surface area (Å²) < 4.78 is 6.21. The Bertz CT molecular complexity index is 1690. The van der Waals surface area contributed by atoms with E-state index in [1.807, 2.05) is 96.0 Å². The highest BCUT2D eigenvalue weighted by Crippen LogP contribution is 2.27. The molecule has 6 rings (SSSR count). The van der Waals surface area contributed by atoms with Crippen molar-refractivity contribution in [3.63, 3.8) is 0 Å². The minimum absolute atomic E-state index is 0.694. The van der Waals surface area contributed by atoms with E-state index >= 15 is 0 Å². The number of thiophene rings is 1. The van der Waals surface area contributed by atoms with Gasteiger partial charge in [-0.3, -0.25) is 5.01 Å². The molecular weight excluding hydrogens is 512 g/mol. The molecule has 196 valence electrons. The van der Waals surface area contributed by atoms with Gasteiger partial charge in [-0.1, -0.05) is 60.7 Å². The van der Waals surface area contributed by atoms with Gasteiger partial charge in [-0.15, -0.1) is 11.3 Å². The Balaban J connectivity index is 1.28. The van der Waals surface area contributed by atoms with Crippen molar-refractivity contribution in [1.82, 2.24) is 0 Å². The third kappa shape index (κ3) is 5.87. The minimum Gasteiger partial charge on any atom is -0.455 e. The zero-order valence-corrected chi connectivity index (χ0v) is 22.9. The molecule has 6 aromatic rings. The topological polar surface area (TPSA) is 44.3 Å². The van der Waals surface area contributed by atoms with Crippen molar-refractivity contribution in [2.24, 2.45) is 10.2 Å². The molecule has 0 saturated heterocycles. The fourth-order valence-corrected chi connectivity index (χ4v) is 5.12. The van der Waals surface area contributed by atoms with Crippen LogP contribution >= 0.6 is 11.3 Å². The zero-order valence-electron chi connectivity index (χ0n) is 22.1. The Labute approximate surface area is 237 Å². The number of hydrogen-bond acceptors (Lipinski definition) is 6. The molecule has 0 aliphatic carbocycles. The van der Waals surface area contributed by atoms with Crippen LogP contribution in [0.3, 0.4) is 0 Å². The highest BCUT2D eigenvalue weighted by Gasteiger charge is 2.12. The predicted molar refractivity (Wildman–Crippen MR) is 168 cm³/mol. The number of hydrogen-bond donors (Lipinski definition) is 0. The Kier molecular flexibility index (Phi) is 7.51. The highest BCUT2D eigenvalue weighted by molar-refractivity contribution is 7.09. The molecule has 5 nitrogen and oxygen atoms in total. The van der Waals surface area contributed by atoms with Crippen LogP contribution in [0, 0.1) is 0 Å². The predicted octanol–water partition coefficient (Wildman–Crippen LogP) is 9.10. The number of anilines is 3. The molecule has 2 aromatic heterocycles. The van der Waals surface area contributed by atoms with E-state index in [-0.39, 0.29) is 0 Å². The fourth-order valence-electron chi connectivity index (χ4n) is 4.43. The molecule has 0 atom stereocenters. The van der Waals surface area contributed by atoms with Crippen LogP contribution in [0.4, 0.5) is 17.1 Å². The molecule has 0 N–H and O–H groups in total. The molecule has 0 aliphatic rings. The van der Waals surface area contributed by atoms with E-state index in [1.165, 1.54) is 4.88 Å². The van der Waals surface area contributed by atoms with Gasteiger partial charge in [-0.2, -0.15) is 10.2 Å². The molecule has 2 heterocycles. The minimum atomic E-state index is 0.694. The second-order valence-electron chi connectivity index (χ2n) is 9.29. The number of furan rings is 1. The largest absolute Gasteiger partial charge is 0.455 e. The van der Waals surface area contributed by atoms with Crippen LogP contribution in [0.5, 0.6) is 0 Å². The monoisotopic (exact) mass is 540 g/mol. The van der Waals surface area contributed by atoms with Gasteiger partial charge in [0.15, 0.2) is 5.76 Å². The van der Waals surface area contributed by atoms with Crippen LogP contribution in [-0.2, 0) is 6.54 Å². The maximum absolute atomic E-state index is 6.21. The second-order valence-corrected chi connectivity index (χ2v) is 10.3. The summed E-state index contributed by atoms with van der Waals surface area (Å²) in [7, 11) is 0. The first-order valence-electron chi connectivity index (χ1n) is 13.1. The Hall–Kier alpha value is -4.94. The number of hydrazone groups is 2. The van der Waals surface area contributed by atoms with Crippen LogP contribution in [-0.4, -0.2) is 11.9 Å². The second kappa shape index (κ2) is 11.8. The molecule has 6 heteroatoms. The Morgan fingerprint density at radius 3 is 2.02 bits per heavy atom. The lowest BCUT2D eigenvalue weighted by atomic mass is 10.1. The Morgan fingerprint density at radius 2 is 1.40 bits per heavy atom. The van der Waals surface area contributed by atoms with Gasteiger partial charge in [-0.25, -0.2) is 5.01 Å². The van der Waals surface area contributed by atoms with Crippen molar-refractivity contribution in [1.29, 1.82) is 0 Å². The summed E-state index contributed by atoms with van der Waals surface area (Å²) in [5.74, 6) is 0.742. The van der Waals surface area contributed by atoms with Crippen molar-refractivity contribution >= 4 is 51.3 Å². The lowest BCUT2D eigenvalue weighted by Crippen LogP contribution is -2.17. The molecule has 0 bridgehead atoms. The molecular formula is C34H28N4OS. The van der Waals surface area contributed by atoms with Crippen molar-refractivity contribution < 1.29 is 4.42 Å². The van der Waals surface area contributed by atoms with Crippen LogP contribution in [0.1, 0.15) is 23.1 Å². The van der Waals surface area contributed by atoms with E-state index < -0.39 is 0 Å². The molecule has 0 saturated carbocycles. The molecule has 0 spiro atoms. The third-order valence-corrected chi connectivity index (χ3v) is 7.29. The van der Waals surface area contributed by atoms with Gasteiger partial charge in [0.25, 0.3) is 0 Å². The quantitative estimate of drug-likeness (QED) is 0.136. The maximum Gasteiger partial charge on any atom is 0.151 e. The summed E-state index contributed by atoms with van der Waals surface area (Å²) in [6.45, 7) is 2.68. The van der Waals surface area contributed by atoms with Crippen molar-refractivity contribution in [3.8, 4) is 0 Å². The number of rotatable bonds is 9. The van der Waals surface area contributed by atoms with Crippen molar-refractivity contribution in [2.75, 3.05) is 10.0 Å². The maximum atomic E-state index is 6.21. The van der Waals surface area contributed by atoms with Gasteiger partial charge in [-0.05, 0) is 84.6 Å². The van der Waals surface area contributed by atoms with Crippen LogP contribution in [0.25, 0.3) is 11.0 Å². The average molecular weight is 541 g/mol. The van der Waals surface area contributed by atoms with E-state index in [2.05, 4.69) is 60.0 Å². The van der Waals surface area contributed by atoms with Crippen LogP contribution in [0.2, 0.25) is 0 Å². The lowest BCUT2D eigenvalue weighted by Gasteiger charge is -2.19. The van der Waals surface area contributed by atoms with Gasteiger partial charge in [0, 0.05) is 10.3 Å². The molecule has 0 unspecified atom stereocenters. The molecule has 4 aromatic carbocycles. The Morgan fingerprint density at radius 1 is 0.750 bits per heavy atom. The van der Waals surface area contributed by atoms with Crippen LogP contribution in [0.15, 0.2) is 147 Å². The summed E-state index contributed by atoms with van der Waals surface area (Å²) >= 11 is 1.73. The van der Waals surface area contributed by atoms with Crippen molar-refractivity contribution in [3.05, 3.63) is 149 Å². The van der Waals surface area contributed by atoms with E-state index in [0.29, 0.717) is 6.54 Å². The highest BCUT2D eigenvalue weighted by atomic mass is 32.1. The zero-order chi connectivity index (χ0) is 27.1. The van der Waals surface area contributed by atoms with E-state index in [4.69, 9.17) is 14.6 Å². The van der Waals surface area contributed by atoms with Crippen molar-refractivity contribution in [2.45, 2.75) is 13.5 Å². The van der Waals surface area contributed by atoms with Gasteiger partial charge in [0.2, 0.25) is 0 Å². The summed E-state index contributed by atoms with van der Waals surface area (Å²) in [6.07, 6.45) is 1.88. The van der Waals surface area contributed by atoms with E-state index in [0.717, 1.165) is 45.1 Å². The summed E-state index contributed by atoms with van der Waals surface area (Å²) in [6, 6.07) is 42.9. The molecule has 0 radical (unpaired) electrons.